The lowest BCUT2D eigenvalue weighted by atomic mass is 9.70. The van der Waals surface area contributed by atoms with Crippen LogP contribution in [0.15, 0.2) is 22.8 Å². The minimum absolute atomic E-state index is 0.711. The van der Waals surface area contributed by atoms with Crippen molar-refractivity contribution in [2.24, 2.45) is 23.7 Å². The van der Waals surface area contributed by atoms with Gasteiger partial charge in [0.2, 0.25) is 0 Å². The number of hydrogen-bond donors (Lipinski definition) is 0. The molecule has 0 radical (unpaired) electrons. The Bertz CT molecular complexity index is 306. The van der Waals surface area contributed by atoms with Gasteiger partial charge in [0.25, 0.3) is 0 Å². The van der Waals surface area contributed by atoms with E-state index >= 15 is 0 Å². The summed E-state index contributed by atoms with van der Waals surface area (Å²) < 4.78 is 0. The highest BCUT2D eigenvalue weighted by Gasteiger charge is 2.35. The molecule has 0 heterocycles. The highest BCUT2D eigenvalue weighted by atomic mass is 14.4. The first kappa shape index (κ1) is 10.0. The fourth-order valence-electron chi connectivity index (χ4n) is 3.30. The Morgan fingerprint density at radius 2 is 1.79 bits per heavy atom. The molecule has 2 aliphatic carbocycles. The van der Waals surface area contributed by atoms with Crippen LogP contribution in [0.1, 0.15) is 41.0 Å². The fraction of sp³-hybridized carbons (Fsp3) is 0.714. The minimum atomic E-state index is 0.711. The van der Waals surface area contributed by atoms with E-state index < -0.39 is 0 Å². The topological polar surface area (TPSA) is 0 Å². The Hall–Kier alpha value is -0.520. The van der Waals surface area contributed by atoms with Crippen molar-refractivity contribution >= 4 is 0 Å². The molecule has 2 aliphatic rings. The molecule has 0 amide bonds. The zero-order valence-corrected chi connectivity index (χ0v) is 10.1. The van der Waals surface area contributed by atoms with Crippen LogP contribution in [0.2, 0.25) is 0 Å². The van der Waals surface area contributed by atoms with Crippen molar-refractivity contribution in [3.8, 4) is 0 Å². The molecule has 0 aliphatic heterocycles. The molecule has 78 valence electrons. The van der Waals surface area contributed by atoms with Crippen LogP contribution in [0.25, 0.3) is 0 Å². The summed E-state index contributed by atoms with van der Waals surface area (Å²) in [5.74, 6) is 3.20. The van der Waals surface area contributed by atoms with Gasteiger partial charge in [-0.25, -0.2) is 0 Å². The maximum absolute atomic E-state index is 2.45. The highest BCUT2D eigenvalue weighted by molar-refractivity contribution is 5.46. The molecule has 4 unspecified atom stereocenters. The Kier molecular flexibility index (Phi) is 2.33. The molecule has 2 rings (SSSR count). The Balaban J connectivity index is 2.40. The quantitative estimate of drug-likeness (QED) is 0.537. The summed E-state index contributed by atoms with van der Waals surface area (Å²) in [6.45, 7) is 11.9. The van der Waals surface area contributed by atoms with Gasteiger partial charge in [0.15, 0.2) is 0 Å². The normalized spacial score (nSPS) is 42.5. The van der Waals surface area contributed by atoms with E-state index in [9.17, 15) is 0 Å². The second-order valence-corrected chi connectivity index (χ2v) is 5.41. The van der Waals surface area contributed by atoms with Gasteiger partial charge in [0.1, 0.15) is 0 Å². The largest absolute Gasteiger partial charge is 0.0744 e. The monoisotopic (exact) mass is 190 g/mol. The van der Waals surface area contributed by atoms with Gasteiger partial charge in [-0.3, -0.25) is 0 Å². The average molecular weight is 190 g/mol. The van der Waals surface area contributed by atoms with E-state index in [0.717, 1.165) is 17.8 Å². The van der Waals surface area contributed by atoms with Crippen molar-refractivity contribution < 1.29 is 0 Å². The third-order valence-corrected chi connectivity index (χ3v) is 4.50. The number of hydrogen-bond acceptors (Lipinski definition) is 0. The van der Waals surface area contributed by atoms with Gasteiger partial charge in [-0.15, -0.1) is 0 Å². The summed E-state index contributed by atoms with van der Waals surface area (Å²) in [7, 11) is 0. The first-order valence-corrected chi connectivity index (χ1v) is 5.94. The maximum atomic E-state index is 2.45. The zero-order valence-electron chi connectivity index (χ0n) is 10.1. The van der Waals surface area contributed by atoms with Gasteiger partial charge >= 0.3 is 0 Å². The molecule has 0 spiro atoms. The van der Waals surface area contributed by atoms with E-state index in [1.165, 1.54) is 6.42 Å². The van der Waals surface area contributed by atoms with Crippen molar-refractivity contribution in [1.29, 1.82) is 0 Å². The van der Waals surface area contributed by atoms with Crippen LogP contribution in [0.3, 0.4) is 0 Å². The van der Waals surface area contributed by atoms with Crippen LogP contribution in [0.5, 0.6) is 0 Å². The minimum Gasteiger partial charge on any atom is -0.0744 e. The molecule has 0 saturated heterocycles. The molecule has 0 aromatic heterocycles. The maximum Gasteiger partial charge on any atom is -0.00397 e. The van der Waals surface area contributed by atoms with Gasteiger partial charge in [0, 0.05) is 0 Å². The van der Waals surface area contributed by atoms with Crippen molar-refractivity contribution in [3.05, 3.63) is 22.8 Å². The average Bonchev–Trinajstić information content (AvgIpc) is 2.38. The third kappa shape index (κ3) is 1.27. The Labute approximate surface area is 88.1 Å². The van der Waals surface area contributed by atoms with Crippen LogP contribution >= 0.6 is 0 Å². The summed E-state index contributed by atoms with van der Waals surface area (Å²) in [5, 5.41) is 0. The molecular formula is C14H22. The summed E-state index contributed by atoms with van der Waals surface area (Å²) in [6.07, 6.45) is 3.78. The van der Waals surface area contributed by atoms with E-state index in [-0.39, 0.29) is 0 Å². The first-order chi connectivity index (χ1) is 6.52. The van der Waals surface area contributed by atoms with Crippen LogP contribution in [0.4, 0.5) is 0 Å². The molecule has 0 aromatic rings. The Morgan fingerprint density at radius 1 is 1.14 bits per heavy atom. The summed E-state index contributed by atoms with van der Waals surface area (Å²) in [5.41, 5.74) is 4.99. The van der Waals surface area contributed by atoms with Gasteiger partial charge in [-0.05, 0) is 42.6 Å². The van der Waals surface area contributed by atoms with Crippen LogP contribution in [-0.2, 0) is 0 Å². The van der Waals surface area contributed by atoms with Crippen molar-refractivity contribution in [1.82, 2.24) is 0 Å². The van der Waals surface area contributed by atoms with Crippen molar-refractivity contribution in [2.45, 2.75) is 41.0 Å². The standard InChI is InChI=1S/C14H22/c1-8-7-13-9(2)6-10(3)14(13)12(5)11(8)4/h6,8-9,11-12H,7H2,1-5H3. The first-order valence-electron chi connectivity index (χ1n) is 5.94. The van der Waals surface area contributed by atoms with E-state index in [1.54, 1.807) is 16.7 Å². The lowest BCUT2D eigenvalue weighted by Gasteiger charge is -2.35. The SMILES string of the molecule is CC1=CC(C)C2=C1C(C)C(C)C(C)C2. The van der Waals surface area contributed by atoms with Crippen LogP contribution < -0.4 is 0 Å². The smallest absolute Gasteiger partial charge is 0.00397 e. The van der Waals surface area contributed by atoms with E-state index in [0.29, 0.717) is 5.92 Å². The molecule has 0 nitrogen and oxygen atoms in total. The third-order valence-electron chi connectivity index (χ3n) is 4.50. The highest BCUT2D eigenvalue weighted by Crippen LogP contribution is 2.47. The summed E-state index contributed by atoms with van der Waals surface area (Å²) in [6, 6.07) is 0. The molecule has 4 atom stereocenters. The predicted molar refractivity (Wildman–Crippen MR) is 62.1 cm³/mol. The van der Waals surface area contributed by atoms with Crippen LogP contribution in [0, 0.1) is 23.7 Å². The van der Waals surface area contributed by atoms with Gasteiger partial charge in [-0.1, -0.05) is 44.9 Å². The van der Waals surface area contributed by atoms with Gasteiger partial charge < -0.3 is 0 Å². The molecule has 14 heavy (non-hydrogen) atoms. The second kappa shape index (κ2) is 3.25. The van der Waals surface area contributed by atoms with Gasteiger partial charge in [-0.2, -0.15) is 0 Å². The molecule has 0 N–H and O–H groups in total. The van der Waals surface area contributed by atoms with Crippen molar-refractivity contribution in [3.63, 3.8) is 0 Å². The molecule has 0 bridgehead atoms. The fourth-order valence-corrected chi connectivity index (χ4v) is 3.30. The molecule has 0 heteroatoms. The van der Waals surface area contributed by atoms with E-state index in [1.807, 2.05) is 0 Å². The van der Waals surface area contributed by atoms with E-state index in [2.05, 4.69) is 40.7 Å². The predicted octanol–water partition coefficient (Wildman–Crippen LogP) is 4.19. The number of rotatable bonds is 0. The summed E-state index contributed by atoms with van der Waals surface area (Å²) in [4.78, 5) is 0. The summed E-state index contributed by atoms with van der Waals surface area (Å²) >= 11 is 0. The van der Waals surface area contributed by atoms with Gasteiger partial charge in [0.05, 0.1) is 0 Å². The van der Waals surface area contributed by atoms with Crippen molar-refractivity contribution in [2.75, 3.05) is 0 Å². The number of allylic oxidation sites excluding steroid dienone is 4. The molecular weight excluding hydrogens is 168 g/mol. The molecule has 0 aromatic carbocycles. The lowest BCUT2D eigenvalue weighted by molar-refractivity contribution is 0.282. The second-order valence-electron chi connectivity index (χ2n) is 5.41. The molecule has 0 saturated carbocycles. The zero-order chi connectivity index (χ0) is 10.5. The molecule has 0 fully saturated rings. The lowest BCUT2D eigenvalue weighted by Crippen LogP contribution is -2.25. The van der Waals surface area contributed by atoms with E-state index in [4.69, 9.17) is 0 Å². The Morgan fingerprint density at radius 3 is 2.43 bits per heavy atom. The van der Waals surface area contributed by atoms with Crippen LogP contribution in [-0.4, -0.2) is 0 Å².